The fraction of sp³-hybridized carbons (Fsp3) is 0.333. The highest BCUT2D eigenvalue weighted by Crippen LogP contribution is 2.35. The van der Waals surface area contributed by atoms with Crippen LogP contribution in [0.3, 0.4) is 0 Å². The summed E-state index contributed by atoms with van der Waals surface area (Å²) < 4.78 is 15.3. The van der Waals surface area contributed by atoms with Gasteiger partial charge in [-0.25, -0.2) is 9.37 Å². The van der Waals surface area contributed by atoms with Crippen LogP contribution in [0.5, 0.6) is 0 Å². The zero-order valence-electron chi connectivity index (χ0n) is 20.2. The van der Waals surface area contributed by atoms with Crippen molar-refractivity contribution in [1.29, 1.82) is 0 Å². The largest absolute Gasteiger partial charge is 0.353 e. The number of halogens is 1. The molecule has 1 atom stereocenters. The fourth-order valence-corrected chi connectivity index (χ4v) is 6.13. The number of pyridine rings is 1. The van der Waals surface area contributed by atoms with E-state index in [9.17, 15) is 14.0 Å². The molecule has 0 N–H and O–H groups in total. The molecule has 6 nitrogen and oxygen atoms in total. The van der Waals surface area contributed by atoms with E-state index in [0.717, 1.165) is 43.4 Å². The number of thiocarbonyl (C=S) groups is 1. The van der Waals surface area contributed by atoms with E-state index in [1.165, 1.54) is 28.8 Å². The van der Waals surface area contributed by atoms with E-state index in [0.29, 0.717) is 26.3 Å². The number of nitrogens with zero attached hydrogens (tertiary/aromatic N) is 4. The molecule has 1 aromatic carbocycles. The highest BCUT2D eigenvalue weighted by Gasteiger charge is 2.34. The van der Waals surface area contributed by atoms with Gasteiger partial charge in [0.15, 0.2) is 0 Å². The Labute approximate surface area is 218 Å². The molecule has 2 aliphatic rings. The summed E-state index contributed by atoms with van der Waals surface area (Å²) in [4.78, 5) is 36.2. The lowest BCUT2D eigenvalue weighted by molar-refractivity contribution is -0.122. The van der Waals surface area contributed by atoms with Gasteiger partial charge in [0.2, 0.25) is 0 Å². The molecule has 0 bridgehead atoms. The summed E-state index contributed by atoms with van der Waals surface area (Å²) in [6, 6.07) is 10.1. The number of hydrogen-bond acceptors (Lipinski definition) is 6. The van der Waals surface area contributed by atoms with Crippen LogP contribution < -0.4 is 10.5 Å². The molecular weight excluding hydrogens is 495 g/mol. The lowest BCUT2D eigenvalue weighted by atomic mass is 9.99. The van der Waals surface area contributed by atoms with E-state index in [1.54, 1.807) is 28.8 Å². The summed E-state index contributed by atoms with van der Waals surface area (Å²) in [6.45, 7) is 5.16. The second-order valence-electron chi connectivity index (χ2n) is 9.18. The van der Waals surface area contributed by atoms with E-state index in [2.05, 4.69) is 11.8 Å². The quantitative estimate of drug-likeness (QED) is 0.334. The summed E-state index contributed by atoms with van der Waals surface area (Å²) in [5, 5.41) is 0. The van der Waals surface area contributed by atoms with Crippen molar-refractivity contribution in [3.8, 4) is 0 Å². The van der Waals surface area contributed by atoms with Crippen LogP contribution >= 0.6 is 24.0 Å². The van der Waals surface area contributed by atoms with Crippen LogP contribution in [0.1, 0.15) is 49.3 Å². The molecule has 2 saturated heterocycles. The van der Waals surface area contributed by atoms with Crippen LogP contribution in [0.2, 0.25) is 0 Å². The van der Waals surface area contributed by atoms with Crippen molar-refractivity contribution < 1.29 is 9.18 Å². The molecule has 186 valence electrons. The van der Waals surface area contributed by atoms with Gasteiger partial charge in [-0.15, -0.1) is 0 Å². The summed E-state index contributed by atoms with van der Waals surface area (Å²) in [6.07, 6.45) is 7.55. The minimum absolute atomic E-state index is 0.206. The maximum atomic E-state index is 13.8. The first-order valence-corrected chi connectivity index (χ1v) is 13.4. The first-order chi connectivity index (χ1) is 17.4. The van der Waals surface area contributed by atoms with Crippen LogP contribution in [0.25, 0.3) is 11.7 Å². The van der Waals surface area contributed by atoms with Crippen molar-refractivity contribution in [2.75, 3.05) is 11.4 Å². The Hall–Kier alpha value is -3.04. The van der Waals surface area contributed by atoms with Gasteiger partial charge in [-0.3, -0.25) is 18.9 Å². The van der Waals surface area contributed by atoms with E-state index < -0.39 is 0 Å². The average Bonchev–Trinajstić information content (AvgIpc) is 3.14. The molecular formula is C27H27FN4O2S2. The number of benzene rings is 1. The molecule has 2 fully saturated rings. The predicted molar refractivity (Wildman–Crippen MR) is 147 cm³/mol. The molecule has 4 heterocycles. The van der Waals surface area contributed by atoms with E-state index in [4.69, 9.17) is 17.2 Å². The molecule has 9 heteroatoms. The minimum Gasteiger partial charge on any atom is -0.353 e. The Morgan fingerprint density at radius 1 is 1.19 bits per heavy atom. The molecule has 3 aromatic rings. The van der Waals surface area contributed by atoms with Gasteiger partial charge in [0, 0.05) is 18.8 Å². The standard InChI is InChI=1S/C27H27FN4O2S2/c1-3-20-8-4-5-13-30(20)24-21(25(33)31-14-6-7-17(2)23(31)29-24)15-22-26(34)32(27(35)36-22)16-18-9-11-19(28)12-10-18/h6-7,9-12,14-15,20H,3-5,8,13,16H2,1-2H3. The number of hydrogen-bond donors (Lipinski definition) is 0. The third-order valence-corrected chi connectivity index (χ3v) is 8.22. The molecule has 5 rings (SSSR count). The second kappa shape index (κ2) is 10.1. The maximum Gasteiger partial charge on any atom is 0.267 e. The molecule has 0 spiro atoms. The van der Waals surface area contributed by atoms with Gasteiger partial charge in [-0.05, 0) is 68.0 Å². The van der Waals surface area contributed by atoms with Crippen molar-refractivity contribution >= 4 is 51.7 Å². The molecule has 2 aromatic heterocycles. The zero-order chi connectivity index (χ0) is 25.4. The topological polar surface area (TPSA) is 57.9 Å². The van der Waals surface area contributed by atoms with Crippen LogP contribution in [0, 0.1) is 12.7 Å². The maximum absolute atomic E-state index is 13.8. The number of aryl methyl sites for hydroxylation is 1. The molecule has 2 aliphatic heterocycles. The number of aromatic nitrogens is 2. The molecule has 36 heavy (non-hydrogen) atoms. The highest BCUT2D eigenvalue weighted by atomic mass is 32.2. The number of piperidine rings is 1. The molecule has 1 amide bonds. The van der Waals surface area contributed by atoms with Gasteiger partial charge < -0.3 is 4.90 Å². The van der Waals surface area contributed by atoms with Gasteiger partial charge in [0.25, 0.3) is 11.5 Å². The third-order valence-electron chi connectivity index (χ3n) is 6.84. The third kappa shape index (κ3) is 4.57. The predicted octanol–water partition coefficient (Wildman–Crippen LogP) is 5.31. The van der Waals surface area contributed by atoms with Crippen LogP contribution in [0.15, 0.2) is 52.3 Å². The van der Waals surface area contributed by atoms with Gasteiger partial charge in [0.05, 0.1) is 17.0 Å². The van der Waals surface area contributed by atoms with Crippen molar-refractivity contribution in [3.05, 3.63) is 80.4 Å². The van der Waals surface area contributed by atoms with Crippen molar-refractivity contribution in [3.63, 3.8) is 0 Å². The smallest absolute Gasteiger partial charge is 0.267 e. The van der Waals surface area contributed by atoms with E-state index >= 15 is 0 Å². The Morgan fingerprint density at radius 3 is 2.72 bits per heavy atom. The summed E-state index contributed by atoms with van der Waals surface area (Å²) in [7, 11) is 0. The van der Waals surface area contributed by atoms with Crippen LogP contribution in [-0.4, -0.2) is 37.1 Å². The van der Waals surface area contributed by atoms with E-state index in [1.807, 2.05) is 19.1 Å². The summed E-state index contributed by atoms with van der Waals surface area (Å²) in [5.41, 5.74) is 2.51. The summed E-state index contributed by atoms with van der Waals surface area (Å²) >= 11 is 6.68. The zero-order valence-corrected chi connectivity index (χ0v) is 21.9. The van der Waals surface area contributed by atoms with E-state index in [-0.39, 0.29) is 29.9 Å². The summed E-state index contributed by atoms with van der Waals surface area (Å²) in [5.74, 6) is 0.0310. The molecule has 1 unspecified atom stereocenters. The number of rotatable bonds is 5. The number of thioether (sulfide) groups is 1. The van der Waals surface area contributed by atoms with Crippen molar-refractivity contribution in [2.24, 2.45) is 0 Å². The Morgan fingerprint density at radius 2 is 1.97 bits per heavy atom. The SMILES string of the molecule is CCC1CCCCN1c1nc2c(C)cccn2c(=O)c1C=C1SC(=S)N(Cc2ccc(F)cc2)C1=O. The minimum atomic E-state index is -0.334. The Bertz CT molecular complexity index is 1430. The normalized spacial score (nSPS) is 19.6. The number of carbonyl (C=O) groups is 1. The first-order valence-electron chi connectivity index (χ1n) is 12.2. The number of carbonyl (C=O) groups excluding carboxylic acids is 1. The first kappa shape index (κ1) is 24.6. The van der Waals surface area contributed by atoms with Crippen LogP contribution in [0.4, 0.5) is 10.2 Å². The van der Waals surface area contributed by atoms with Crippen molar-refractivity contribution in [2.45, 2.75) is 52.1 Å². The Balaban J connectivity index is 1.59. The van der Waals surface area contributed by atoms with Gasteiger partial charge in [0.1, 0.15) is 21.6 Å². The lowest BCUT2D eigenvalue weighted by Gasteiger charge is -2.37. The average molecular weight is 523 g/mol. The van der Waals surface area contributed by atoms with Crippen LogP contribution in [-0.2, 0) is 11.3 Å². The Kier molecular flexibility index (Phi) is 6.94. The van der Waals surface area contributed by atoms with Gasteiger partial charge >= 0.3 is 0 Å². The van der Waals surface area contributed by atoms with Gasteiger partial charge in [-0.2, -0.15) is 0 Å². The second-order valence-corrected chi connectivity index (χ2v) is 10.9. The number of anilines is 1. The number of amides is 1. The molecule has 0 radical (unpaired) electrons. The fourth-order valence-electron chi connectivity index (χ4n) is 4.89. The number of fused-ring (bicyclic) bond motifs is 1. The molecule has 0 saturated carbocycles. The highest BCUT2D eigenvalue weighted by molar-refractivity contribution is 8.26. The molecule has 0 aliphatic carbocycles. The monoisotopic (exact) mass is 522 g/mol. The van der Waals surface area contributed by atoms with Crippen molar-refractivity contribution in [1.82, 2.24) is 14.3 Å². The van der Waals surface area contributed by atoms with Gasteiger partial charge in [-0.1, -0.05) is 49.1 Å². The lowest BCUT2D eigenvalue weighted by Crippen LogP contribution is -2.41.